The first-order chi connectivity index (χ1) is 11.0. The van der Waals surface area contributed by atoms with E-state index in [1.54, 1.807) is 36.4 Å². The molecular weight excluding hydrogens is 333 g/mol. The molecule has 1 amide bonds. The van der Waals surface area contributed by atoms with E-state index >= 15 is 0 Å². The van der Waals surface area contributed by atoms with Crippen molar-refractivity contribution < 1.29 is 4.79 Å². The summed E-state index contributed by atoms with van der Waals surface area (Å²) in [6.07, 6.45) is 1.35. The highest BCUT2D eigenvalue weighted by molar-refractivity contribution is 6.31. The van der Waals surface area contributed by atoms with E-state index in [1.165, 1.54) is 6.20 Å². The number of rotatable bonds is 4. The molecule has 0 saturated heterocycles. The van der Waals surface area contributed by atoms with Gasteiger partial charge in [-0.3, -0.25) is 4.79 Å². The Kier molecular flexibility index (Phi) is 5.64. The van der Waals surface area contributed by atoms with Crippen LogP contribution in [0.3, 0.4) is 0 Å². The fourth-order valence-corrected chi connectivity index (χ4v) is 2.18. The van der Waals surface area contributed by atoms with E-state index in [9.17, 15) is 4.79 Å². The van der Waals surface area contributed by atoms with Gasteiger partial charge in [-0.2, -0.15) is 5.26 Å². The molecule has 0 spiro atoms. The Morgan fingerprint density at radius 3 is 2.61 bits per heavy atom. The minimum Gasteiger partial charge on any atom is -0.360 e. The minimum absolute atomic E-state index is 0.0654. The van der Waals surface area contributed by atoms with Crippen LogP contribution in [0.2, 0.25) is 10.0 Å². The molecule has 0 radical (unpaired) electrons. The molecule has 0 aliphatic carbocycles. The molecule has 0 aromatic heterocycles. The van der Waals surface area contributed by atoms with E-state index in [0.717, 1.165) is 11.3 Å². The first-order valence-electron chi connectivity index (χ1n) is 6.69. The summed E-state index contributed by atoms with van der Waals surface area (Å²) >= 11 is 11.8. The van der Waals surface area contributed by atoms with Gasteiger partial charge < -0.3 is 10.6 Å². The lowest BCUT2D eigenvalue weighted by Crippen LogP contribution is -2.14. The number of carbonyl (C=O) groups is 1. The Morgan fingerprint density at radius 2 is 1.91 bits per heavy atom. The van der Waals surface area contributed by atoms with Crippen molar-refractivity contribution >= 4 is 40.5 Å². The zero-order chi connectivity index (χ0) is 16.8. The highest BCUT2D eigenvalue weighted by Crippen LogP contribution is 2.20. The van der Waals surface area contributed by atoms with Crippen LogP contribution in [0.5, 0.6) is 0 Å². The summed E-state index contributed by atoms with van der Waals surface area (Å²) in [5, 5.41) is 15.8. The topological polar surface area (TPSA) is 64.9 Å². The van der Waals surface area contributed by atoms with E-state index in [2.05, 4.69) is 10.6 Å². The molecular formula is C17H13Cl2N3O. The number of nitrogens with one attached hydrogen (secondary N) is 2. The molecule has 0 saturated carbocycles. The van der Waals surface area contributed by atoms with E-state index in [0.29, 0.717) is 15.7 Å². The van der Waals surface area contributed by atoms with Gasteiger partial charge >= 0.3 is 0 Å². The third-order valence-corrected chi connectivity index (χ3v) is 3.49. The zero-order valence-electron chi connectivity index (χ0n) is 12.2. The number of hydrogen-bond acceptors (Lipinski definition) is 3. The van der Waals surface area contributed by atoms with E-state index < -0.39 is 5.91 Å². The van der Waals surface area contributed by atoms with E-state index in [1.807, 2.05) is 19.1 Å². The van der Waals surface area contributed by atoms with Gasteiger partial charge in [-0.15, -0.1) is 0 Å². The molecule has 0 unspecified atom stereocenters. The second kappa shape index (κ2) is 7.68. The number of anilines is 2. The molecule has 4 nitrogen and oxygen atoms in total. The average Bonchev–Trinajstić information content (AvgIpc) is 2.51. The van der Waals surface area contributed by atoms with Gasteiger partial charge in [0.15, 0.2) is 0 Å². The highest BCUT2D eigenvalue weighted by Gasteiger charge is 2.10. The molecule has 0 atom stereocenters. The van der Waals surface area contributed by atoms with Gasteiger partial charge in [0.2, 0.25) is 0 Å². The first kappa shape index (κ1) is 16.9. The van der Waals surface area contributed by atoms with Crippen LogP contribution in [0, 0.1) is 18.3 Å². The predicted molar refractivity (Wildman–Crippen MR) is 93.6 cm³/mol. The summed E-state index contributed by atoms with van der Waals surface area (Å²) in [5.41, 5.74) is 2.12. The quantitative estimate of drug-likeness (QED) is 0.620. The van der Waals surface area contributed by atoms with Crippen molar-refractivity contribution in [3.63, 3.8) is 0 Å². The molecule has 116 valence electrons. The smallest absolute Gasteiger partial charge is 0.267 e. The maximum atomic E-state index is 12.1. The Bertz CT molecular complexity index is 810. The van der Waals surface area contributed by atoms with Gasteiger partial charge in [0.1, 0.15) is 11.6 Å². The van der Waals surface area contributed by atoms with Crippen LogP contribution in [-0.4, -0.2) is 5.91 Å². The number of carbonyl (C=O) groups excluding carboxylic acids is 1. The summed E-state index contributed by atoms with van der Waals surface area (Å²) in [6.45, 7) is 1.89. The van der Waals surface area contributed by atoms with Crippen LogP contribution in [0.25, 0.3) is 0 Å². The van der Waals surface area contributed by atoms with Gasteiger partial charge in [-0.25, -0.2) is 0 Å². The van der Waals surface area contributed by atoms with Crippen LogP contribution in [0.15, 0.2) is 54.2 Å². The summed E-state index contributed by atoms with van der Waals surface area (Å²) in [4.78, 5) is 12.1. The second-order valence-corrected chi connectivity index (χ2v) is 5.61. The molecule has 6 heteroatoms. The molecule has 2 aromatic carbocycles. The lowest BCUT2D eigenvalue weighted by atomic mass is 10.2. The molecule has 2 aromatic rings. The average molecular weight is 346 g/mol. The third kappa shape index (κ3) is 4.75. The molecule has 2 rings (SSSR count). The van der Waals surface area contributed by atoms with Gasteiger partial charge in [0, 0.05) is 27.6 Å². The molecule has 0 fully saturated rings. The van der Waals surface area contributed by atoms with Gasteiger partial charge in [0.25, 0.3) is 5.91 Å². The zero-order valence-corrected chi connectivity index (χ0v) is 13.7. The largest absolute Gasteiger partial charge is 0.360 e. The van der Waals surface area contributed by atoms with Gasteiger partial charge in [0.05, 0.1) is 0 Å². The fraction of sp³-hybridized carbons (Fsp3) is 0.0588. The third-order valence-electron chi connectivity index (χ3n) is 3.02. The summed E-state index contributed by atoms with van der Waals surface area (Å²) in [5.74, 6) is -0.526. The summed E-state index contributed by atoms with van der Waals surface area (Å²) in [6, 6.07) is 13.9. The van der Waals surface area contributed by atoms with Crippen LogP contribution in [0.1, 0.15) is 5.56 Å². The normalized spacial score (nSPS) is 10.8. The monoisotopic (exact) mass is 345 g/mol. The van der Waals surface area contributed by atoms with Crippen molar-refractivity contribution in [2.75, 3.05) is 10.6 Å². The fourth-order valence-electron chi connectivity index (χ4n) is 1.81. The SMILES string of the molecule is Cc1ccc(Cl)cc1N/C=C(/C#N)C(=O)Nc1cccc(Cl)c1. The molecule has 23 heavy (non-hydrogen) atoms. The number of nitrogens with zero attached hydrogens (tertiary/aromatic N) is 1. The standard InChI is InChI=1S/C17H13Cl2N3O/c1-11-5-6-14(19)8-16(11)21-10-12(9-20)17(23)22-15-4-2-3-13(18)7-15/h2-8,10,21H,1H3,(H,22,23)/b12-10-. The minimum atomic E-state index is -0.526. The maximum Gasteiger partial charge on any atom is 0.267 e. The first-order valence-corrected chi connectivity index (χ1v) is 7.45. The van der Waals surface area contributed by atoms with Crippen molar-refractivity contribution in [2.45, 2.75) is 6.92 Å². The number of benzene rings is 2. The second-order valence-electron chi connectivity index (χ2n) is 4.74. The summed E-state index contributed by atoms with van der Waals surface area (Å²) < 4.78 is 0. The Balaban J connectivity index is 2.14. The number of nitriles is 1. The van der Waals surface area contributed by atoms with Crippen molar-refractivity contribution in [3.05, 3.63) is 69.8 Å². The van der Waals surface area contributed by atoms with Crippen LogP contribution < -0.4 is 10.6 Å². The van der Waals surface area contributed by atoms with Crippen LogP contribution in [-0.2, 0) is 4.79 Å². The van der Waals surface area contributed by atoms with Crippen LogP contribution in [0.4, 0.5) is 11.4 Å². The lowest BCUT2D eigenvalue weighted by molar-refractivity contribution is -0.112. The van der Waals surface area contributed by atoms with Crippen molar-refractivity contribution in [3.8, 4) is 6.07 Å². The Labute approximate surface area is 144 Å². The van der Waals surface area contributed by atoms with Gasteiger partial charge in [-0.05, 0) is 42.8 Å². The van der Waals surface area contributed by atoms with Crippen LogP contribution >= 0.6 is 23.2 Å². The Morgan fingerprint density at radius 1 is 1.17 bits per heavy atom. The highest BCUT2D eigenvalue weighted by atomic mass is 35.5. The molecule has 0 heterocycles. The predicted octanol–water partition coefficient (Wildman–Crippen LogP) is 4.76. The molecule has 0 aliphatic heterocycles. The Hall–Kier alpha value is -2.48. The molecule has 0 bridgehead atoms. The van der Waals surface area contributed by atoms with Crippen molar-refractivity contribution in [1.82, 2.24) is 0 Å². The van der Waals surface area contributed by atoms with E-state index in [-0.39, 0.29) is 5.57 Å². The number of hydrogen-bond donors (Lipinski definition) is 2. The lowest BCUT2D eigenvalue weighted by Gasteiger charge is -2.07. The maximum absolute atomic E-state index is 12.1. The van der Waals surface area contributed by atoms with Gasteiger partial charge in [-0.1, -0.05) is 35.3 Å². The number of amides is 1. The molecule has 2 N–H and O–H groups in total. The van der Waals surface area contributed by atoms with E-state index in [4.69, 9.17) is 28.5 Å². The molecule has 0 aliphatic rings. The van der Waals surface area contributed by atoms with Crippen molar-refractivity contribution in [1.29, 1.82) is 5.26 Å². The summed E-state index contributed by atoms with van der Waals surface area (Å²) in [7, 11) is 0. The number of aryl methyl sites for hydroxylation is 1. The number of halogens is 2. The van der Waals surface area contributed by atoms with Crippen molar-refractivity contribution in [2.24, 2.45) is 0 Å².